The molecular formula is C20H23N5O. The molecule has 0 spiro atoms. The number of aryl methyl sites for hydroxylation is 2. The first-order valence-electron chi connectivity index (χ1n) is 8.90. The highest BCUT2D eigenvalue weighted by molar-refractivity contribution is 5.94. The summed E-state index contributed by atoms with van der Waals surface area (Å²) in [5, 5.41) is 12.2. The maximum Gasteiger partial charge on any atom is 0.251 e. The van der Waals surface area contributed by atoms with Crippen molar-refractivity contribution in [1.29, 1.82) is 5.26 Å². The summed E-state index contributed by atoms with van der Waals surface area (Å²) < 4.78 is 0. The lowest BCUT2D eigenvalue weighted by Crippen LogP contribution is -2.39. The monoisotopic (exact) mass is 349 g/mol. The van der Waals surface area contributed by atoms with Crippen molar-refractivity contribution >= 4 is 11.7 Å². The summed E-state index contributed by atoms with van der Waals surface area (Å²) in [5.41, 5.74) is 3.40. The number of amides is 1. The van der Waals surface area contributed by atoms with Gasteiger partial charge in [0.05, 0.1) is 0 Å². The molecule has 6 heteroatoms. The number of nitriles is 1. The van der Waals surface area contributed by atoms with Crippen LogP contribution in [-0.2, 0) is 0 Å². The topological polar surface area (TPSA) is 81.9 Å². The van der Waals surface area contributed by atoms with Crippen LogP contribution in [0.5, 0.6) is 0 Å². The molecule has 134 valence electrons. The molecule has 0 radical (unpaired) electrons. The van der Waals surface area contributed by atoms with Crippen LogP contribution in [-0.4, -0.2) is 35.5 Å². The van der Waals surface area contributed by atoms with Crippen LogP contribution in [0.3, 0.4) is 0 Å². The van der Waals surface area contributed by atoms with Gasteiger partial charge in [0.25, 0.3) is 5.91 Å². The van der Waals surface area contributed by atoms with E-state index in [1.54, 1.807) is 6.20 Å². The smallest absolute Gasteiger partial charge is 0.251 e. The van der Waals surface area contributed by atoms with Crippen LogP contribution >= 0.6 is 0 Å². The molecule has 0 saturated carbocycles. The fourth-order valence-corrected chi connectivity index (χ4v) is 3.21. The van der Waals surface area contributed by atoms with Crippen molar-refractivity contribution in [3.05, 3.63) is 53.0 Å². The number of hydrogen-bond acceptors (Lipinski definition) is 5. The third kappa shape index (κ3) is 3.99. The molecular weight excluding hydrogens is 326 g/mol. The molecule has 6 nitrogen and oxygen atoms in total. The van der Waals surface area contributed by atoms with Crippen molar-refractivity contribution in [2.24, 2.45) is 5.92 Å². The van der Waals surface area contributed by atoms with Crippen LogP contribution in [0.25, 0.3) is 0 Å². The second kappa shape index (κ2) is 7.96. The van der Waals surface area contributed by atoms with E-state index < -0.39 is 0 Å². The highest BCUT2D eigenvalue weighted by Crippen LogP contribution is 2.23. The van der Waals surface area contributed by atoms with Crippen LogP contribution in [0.15, 0.2) is 30.6 Å². The molecule has 1 fully saturated rings. The summed E-state index contributed by atoms with van der Waals surface area (Å²) in [6.07, 6.45) is 5.06. The number of aromatic nitrogens is 2. The molecule has 26 heavy (non-hydrogen) atoms. The normalized spacial score (nSPS) is 14.7. The highest BCUT2D eigenvalue weighted by Gasteiger charge is 2.23. The van der Waals surface area contributed by atoms with Gasteiger partial charge in [-0.25, -0.2) is 9.97 Å². The number of anilines is 1. The Labute approximate surface area is 153 Å². The molecule has 1 N–H and O–H groups in total. The maximum atomic E-state index is 12.3. The minimum atomic E-state index is -0.0174. The first kappa shape index (κ1) is 17.9. The molecule has 3 rings (SSSR count). The van der Waals surface area contributed by atoms with Crippen molar-refractivity contribution in [3.8, 4) is 6.07 Å². The van der Waals surface area contributed by atoms with Gasteiger partial charge >= 0.3 is 0 Å². The summed E-state index contributed by atoms with van der Waals surface area (Å²) >= 11 is 0. The Morgan fingerprint density at radius 1 is 1.23 bits per heavy atom. The summed E-state index contributed by atoms with van der Waals surface area (Å²) in [5.74, 6) is 1.08. The van der Waals surface area contributed by atoms with Crippen LogP contribution in [0.2, 0.25) is 0 Å². The van der Waals surface area contributed by atoms with E-state index in [0.29, 0.717) is 29.5 Å². The van der Waals surface area contributed by atoms with E-state index in [9.17, 15) is 4.79 Å². The molecule has 0 bridgehead atoms. The first-order valence-corrected chi connectivity index (χ1v) is 8.90. The van der Waals surface area contributed by atoms with Gasteiger partial charge in [-0.1, -0.05) is 6.07 Å². The predicted molar refractivity (Wildman–Crippen MR) is 99.9 cm³/mol. The summed E-state index contributed by atoms with van der Waals surface area (Å²) in [6.45, 7) is 6.36. The van der Waals surface area contributed by atoms with Gasteiger partial charge in [0.2, 0.25) is 0 Å². The molecule has 1 aromatic carbocycles. The SMILES string of the molecule is Cc1ccc(C(=O)NCC2CCN(c3nccnc3C#N)CC2)cc1C. The average molecular weight is 349 g/mol. The van der Waals surface area contributed by atoms with Gasteiger partial charge in [0.1, 0.15) is 6.07 Å². The Morgan fingerprint density at radius 3 is 2.65 bits per heavy atom. The van der Waals surface area contributed by atoms with Gasteiger partial charge in [0, 0.05) is 37.6 Å². The van der Waals surface area contributed by atoms with Crippen molar-refractivity contribution in [3.63, 3.8) is 0 Å². The number of nitrogens with zero attached hydrogens (tertiary/aromatic N) is 4. The molecule has 0 unspecified atom stereocenters. The number of carbonyl (C=O) groups excluding carboxylic acids is 1. The van der Waals surface area contributed by atoms with Crippen molar-refractivity contribution in [2.75, 3.05) is 24.5 Å². The summed E-state index contributed by atoms with van der Waals surface area (Å²) in [7, 11) is 0. The molecule has 1 aromatic heterocycles. The second-order valence-corrected chi connectivity index (χ2v) is 6.78. The van der Waals surface area contributed by atoms with E-state index >= 15 is 0 Å². The lowest BCUT2D eigenvalue weighted by Gasteiger charge is -2.32. The van der Waals surface area contributed by atoms with Gasteiger partial charge in [-0.05, 0) is 55.9 Å². The summed E-state index contributed by atoms with van der Waals surface area (Å²) in [4.78, 5) is 22.8. The lowest BCUT2D eigenvalue weighted by atomic mass is 9.96. The average Bonchev–Trinajstić information content (AvgIpc) is 2.68. The Kier molecular flexibility index (Phi) is 5.47. The van der Waals surface area contributed by atoms with E-state index in [2.05, 4.69) is 26.3 Å². The van der Waals surface area contributed by atoms with Crippen molar-refractivity contribution in [1.82, 2.24) is 15.3 Å². The zero-order chi connectivity index (χ0) is 18.5. The molecule has 0 atom stereocenters. The van der Waals surface area contributed by atoms with E-state index in [1.807, 2.05) is 32.0 Å². The van der Waals surface area contributed by atoms with Crippen LogP contribution in [0.4, 0.5) is 5.82 Å². The minimum absolute atomic E-state index is 0.0174. The van der Waals surface area contributed by atoms with E-state index in [0.717, 1.165) is 31.5 Å². The molecule has 2 aromatic rings. The Balaban J connectivity index is 1.52. The standard InChI is InChI=1S/C20H23N5O/c1-14-3-4-17(11-15(14)2)20(26)24-13-16-5-9-25(10-6-16)19-18(12-21)22-7-8-23-19/h3-4,7-8,11,16H,5-6,9-10,13H2,1-2H3,(H,24,26). The largest absolute Gasteiger partial charge is 0.354 e. The number of nitrogens with one attached hydrogen (secondary N) is 1. The number of hydrogen-bond donors (Lipinski definition) is 1. The van der Waals surface area contributed by atoms with Crippen LogP contribution < -0.4 is 10.2 Å². The molecule has 1 aliphatic heterocycles. The Hall–Kier alpha value is -2.94. The summed E-state index contributed by atoms with van der Waals surface area (Å²) in [6, 6.07) is 7.89. The quantitative estimate of drug-likeness (QED) is 0.917. The zero-order valence-corrected chi connectivity index (χ0v) is 15.2. The van der Waals surface area contributed by atoms with Gasteiger partial charge < -0.3 is 10.2 Å². The molecule has 2 heterocycles. The van der Waals surface area contributed by atoms with Crippen LogP contribution in [0, 0.1) is 31.1 Å². The Morgan fingerprint density at radius 2 is 1.96 bits per heavy atom. The van der Waals surface area contributed by atoms with Crippen molar-refractivity contribution < 1.29 is 4.79 Å². The molecule has 0 aliphatic carbocycles. The maximum absolute atomic E-state index is 12.3. The Bertz CT molecular complexity index is 834. The van der Waals surface area contributed by atoms with E-state index in [-0.39, 0.29) is 5.91 Å². The van der Waals surface area contributed by atoms with Gasteiger partial charge in [0.15, 0.2) is 11.5 Å². The van der Waals surface area contributed by atoms with Crippen molar-refractivity contribution in [2.45, 2.75) is 26.7 Å². The van der Waals surface area contributed by atoms with E-state index in [4.69, 9.17) is 5.26 Å². The first-order chi connectivity index (χ1) is 12.6. The fourth-order valence-electron chi connectivity index (χ4n) is 3.21. The minimum Gasteiger partial charge on any atom is -0.354 e. The zero-order valence-electron chi connectivity index (χ0n) is 15.2. The van der Waals surface area contributed by atoms with Gasteiger partial charge in [-0.3, -0.25) is 4.79 Å². The fraction of sp³-hybridized carbons (Fsp3) is 0.400. The number of piperidine rings is 1. The van der Waals surface area contributed by atoms with Gasteiger partial charge in [-0.15, -0.1) is 0 Å². The highest BCUT2D eigenvalue weighted by atomic mass is 16.1. The number of benzene rings is 1. The van der Waals surface area contributed by atoms with Crippen LogP contribution in [0.1, 0.15) is 40.0 Å². The molecule has 1 amide bonds. The number of carbonyl (C=O) groups is 1. The third-order valence-electron chi connectivity index (χ3n) is 5.02. The molecule has 1 aliphatic rings. The predicted octanol–water partition coefficient (Wildman–Crippen LogP) is 2.61. The third-order valence-corrected chi connectivity index (χ3v) is 5.02. The van der Waals surface area contributed by atoms with E-state index in [1.165, 1.54) is 11.8 Å². The van der Waals surface area contributed by atoms with Gasteiger partial charge in [-0.2, -0.15) is 5.26 Å². The number of rotatable bonds is 4. The second-order valence-electron chi connectivity index (χ2n) is 6.78. The molecule has 1 saturated heterocycles. The lowest BCUT2D eigenvalue weighted by molar-refractivity contribution is 0.0945.